The lowest BCUT2D eigenvalue weighted by atomic mass is 10.2. The molecule has 0 saturated heterocycles. The van der Waals surface area contributed by atoms with E-state index in [0.717, 1.165) is 5.56 Å². The summed E-state index contributed by atoms with van der Waals surface area (Å²) in [5.74, 6) is 0. The third kappa shape index (κ3) is 2.89. The number of benzene rings is 2. The first-order valence-electron chi connectivity index (χ1n) is 5.95. The molecule has 0 bridgehead atoms. The van der Waals surface area contributed by atoms with Crippen molar-refractivity contribution in [2.24, 2.45) is 0 Å². The summed E-state index contributed by atoms with van der Waals surface area (Å²) >= 11 is 5.88. The molecule has 0 fully saturated rings. The molecule has 4 nitrogen and oxygen atoms in total. The molecule has 3 N–H and O–H groups in total. The van der Waals surface area contributed by atoms with Crippen molar-refractivity contribution in [3.05, 3.63) is 52.5 Å². The lowest BCUT2D eigenvalue weighted by Gasteiger charge is -2.13. The number of rotatable bonds is 3. The Morgan fingerprint density at radius 2 is 1.75 bits per heavy atom. The van der Waals surface area contributed by atoms with Gasteiger partial charge in [0.15, 0.2) is 0 Å². The Morgan fingerprint density at radius 1 is 1.10 bits per heavy atom. The molecule has 2 aromatic carbocycles. The van der Waals surface area contributed by atoms with Crippen LogP contribution in [0.15, 0.2) is 41.3 Å². The average Bonchev–Trinajstić information content (AvgIpc) is 2.36. The number of nitrogens with two attached hydrogens (primary N) is 1. The van der Waals surface area contributed by atoms with Crippen LogP contribution < -0.4 is 10.5 Å². The van der Waals surface area contributed by atoms with Gasteiger partial charge >= 0.3 is 0 Å². The monoisotopic (exact) mass is 310 g/mol. The maximum absolute atomic E-state index is 12.4. The second-order valence-corrected chi connectivity index (χ2v) is 6.62. The Hall–Kier alpha value is -1.72. The minimum atomic E-state index is -3.69. The van der Waals surface area contributed by atoms with Gasteiger partial charge in [-0.2, -0.15) is 0 Å². The fourth-order valence-corrected chi connectivity index (χ4v) is 3.46. The summed E-state index contributed by atoms with van der Waals surface area (Å²) in [6.45, 7) is 3.51. The summed E-state index contributed by atoms with van der Waals surface area (Å²) in [5, 5.41) is 0.345. The topological polar surface area (TPSA) is 72.2 Å². The molecule has 0 aliphatic rings. The number of para-hydroxylation sites is 1. The van der Waals surface area contributed by atoms with Crippen LogP contribution >= 0.6 is 11.6 Å². The Morgan fingerprint density at radius 3 is 2.40 bits per heavy atom. The Balaban J connectivity index is 2.47. The molecular formula is C14H15ClN2O2S. The highest BCUT2D eigenvalue weighted by molar-refractivity contribution is 7.92. The molecule has 106 valence electrons. The first-order valence-corrected chi connectivity index (χ1v) is 7.81. The van der Waals surface area contributed by atoms with Gasteiger partial charge in [-0.3, -0.25) is 4.72 Å². The molecule has 6 heteroatoms. The molecule has 2 rings (SSSR count). The van der Waals surface area contributed by atoms with Crippen LogP contribution in [0.25, 0.3) is 0 Å². The molecule has 0 heterocycles. The first kappa shape index (κ1) is 14.7. The van der Waals surface area contributed by atoms with E-state index < -0.39 is 10.0 Å². The van der Waals surface area contributed by atoms with E-state index in [1.165, 1.54) is 6.07 Å². The number of anilines is 2. The largest absolute Gasteiger partial charge is 0.397 e. The maximum atomic E-state index is 12.4. The number of nitrogens with one attached hydrogen (secondary N) is 1. The van der Waals surface area contributed by atoms with Gasteiger partial charge in [0, 0.05) is 0 Å². The van der Waals surface area contributed by atoms with Crippen LogP contribution in [0.2, 0.25) is 5.02 Å². The molecule has 0 aromatic heterocycles. The van der Waals surface area contributed by atoms with Crippen LogP contribution in [0.4, 0.5) is 11.4 Å². The highest BCUT2D eigenvalue weighted by Crippen LogP contribution is 2.28. The van der Waals surface area contributed by atoms with E-state index in [0.29, 0.717) is 16.3 Å². The second-order valence-electron chi connectivity index (χ2n) is 4.56. The predicted octanol–water partition coefficient (Wildman–Crippen LogP) is 3.34. The normalized spacial score (nSPS) is 11.3. The minimum Gasteiger partial charge on any atom is -0.397 e. The molecule has 2 aromatic rings. The Bertz CT molecular complexity index is 758. The van der Waals surface area contributed by atoms with Crippen molar-refractivity contribution in [3.63, 3.8) is 0 Å². The molecule has 0 saturated carbocycles. The molecule has 20 heavy (non-hydrogen) atoms. The lowest BCUT2D eigenvalue weighted by Crippen LogP contribution is -2.15. The summed E-state index contributed by atoms with van der Waals surface area (Å²) in [6.07, 6.45) is 0. The van der Waals surface area contributed by atoms with Gasteiger partial charge in [0.25, 0.3) is 10.0 Å². The van der Waals surface area contributed by atoms with Gasteiger partial charge in [-0.1, -0.05) is 29.8 Å². The van der Waals surface area contributed by atoms with E-state index in [1.54, 1.807) is 25.1 Å². The number of halogens is 1. The zero-order valence-corrected chi connectivity index (χ0v) is 12.7. The van der Waals surface area contributed by atoms with Crippen molar-refractivity contribution in [3.8, 4) is 0 Å². The van der Waals surface area contributed by atoms with Crippen LogP contribution in [0.1, 0.15) is 11.1 Å². The predicted molar refractivity (Wildman–Crippen MR) is 82.6 cm³/mol. The van der Waals surface area contributed by atoms with Gasteiger partial charge < -0.3 is 5.73 Å². The highest BCUT2D eigenvalue weighted by atomic mass is 35.5. The van der Waals surface area contributed by atoms with Crippen LogP contribution in [-0.4, -0.2) is 8.42 Å². The zero-order valence-electron chi connectivity index (χ0n) is 11.1. The van der Waals surface area contributed by atoms with Crippen molar-refractivity contribution in [1.29, 1.82) is 0 Å². The highest BCUT2D eigenvalue weighted by Gasteiger charge is 2.19. The summed E-state index contributed by atoms with van der Waals surface area (Å²) in [6, 6.07) is 10.1. The fraction of sp³-hybridized carbons (Fsp3) is 0.143. The van der Waals surface area contributed by atoms with Crippen molar-refractivity contribution in [2.45, 2.75) is 18.7 Å². The van der Waals surface area contributed by atoms with E-state index in [4.69, 9.17) is 17.3 Å². The Labute approximate surface area is 123 Å². The fourth-order valence-electron chi connectivity index (χ4n) is 1.85. The van der Waals surface area contributed by atoms with Gasteiger partial charge in [-0.25, -0.2) is 8.42 Å². The number of hydrogen-bond acceptors (Lipinski definition) is 3. The van der Waals surface area contributed by atoms with Gasteiger partial charge in [-0.05, 0) is 43.2 Å². The molecular weight excluding hydrogens is 296 g/mol. The summed E-state index contributed by atoms with van der Waals surface area (Å²) in [5.41, 5.74) is 7.86. The molecule has 0 radical (unpaired) electrons. The van der Waals surface area contributed by atoms with Crippen LogP contribution in [0.5, 0.6) is 0 Å². The van der Waals surface area contributed by atoms with Crippen molar-refractivity contribution in [1.82, 2.24) is 0 Å². The van der Waals surface area contributed by atoms with Gasteiger partial charge in [0.05, 0.1) is 21.3 Å². The molecule has 0 aliphatic heterocycles. The maximum Gasteiger partial charge on any atom is 0.262 e. The Kier molecular flexibility index (Phi) is 3.92. The van der Waals surface area contributed by atoms with E-state index in [9.17, 15) is 8.42 Å². The van der Waals surface area contributed by atoms with Gasteiger partial charge in [0.1, 0.15) is 0 Å². The standard InChI is InChI=1S/C14H15ClN2O2S/c1-9-5-3-4-6-13(9)17-20(18,19)14-8-12(16)11(15)7-10(14)2/h3-8,17H,16H2,1-2H3. The SMILES string of the molecule is Cc1ccccc1NS(=O)(=O)c1cc(N)c(Cl)cc1C. The molecule has 0 spiro atoms. The van der Waals surface area contributed by atoms with Gasteiger partial charge in [-0.15, -0.1) is 0 Å². The van der Waals surface area contributed by atoms with E-state index in [2.05, 4.69) is 4.72 Å². The average molecular weight is 311 g/mol. The third-order valence-electron chi connectivity index (χ3n) is 2.97. The van der Waals surface area contributed by atoms with E-state index in [-0.39, 0.29) is 10.6 Å². The quantitative estimate of drug-likeness (QED) is 0.854. The zero-order chi connectivity index (χ0) is 14.9. The molecule has 0 atom stereocenters. The number of aryl methyl sites for hydroxylation is 2. The van der Waals surface area contributed by atoms with E-state index >= 15 is 0 Å². The summed E-state index contributed by atoms with van der Waals surface area (Å²) < 4.78 is 27.4. The van der Waals surface area contributed by atoms with Crippen LogP contribution in [0.3, 0.4) is 0 Å². The molecule has 0 aliphatic carbocycles. The van der Waals surface area contributed by atoms with Gasteiger partial charge in [0.2, 0.25) is 0 Å². The van der Waals surface area contributed by atoms with Crippen LogP contribution in [-0.2, 0) is 10.0 Å². The van der Waals surface area contributed by atoms with E-state index in [1.807, 2.05) is 19.1 Å². The molecule has 0 amide bonds. The second kappa shape index (κ2) is 5.34. The lowest BCUT2D eigenvalue weighted by molar-refractivity contribution is 0.600. The van der Waals surface area contributed by atoms with Crippen molar-refractivity contribution in [2.75, 3.05) is 10.5 Å². The number of sulfonamides is 1. The van der Waals surface area contributed by atoms with Crippen molar-refractivity contribution < 1.29 is 8.42 Å². The summed E-state index contributed by atoms with van der Waals surface area (Å²) in [4.78, 5) is 0.127. The first-order chi connectivity index (χ1) is 9.31. The number of nitrogen functional groups attached to an aromatic ring is 1. The minimum absolute atomic E-state index is 0.127. The summed E-state index contributed by atoms with van der Waals surface area (Å²) in [7, 11) is -3.69. The van der Waals surface area contributed by atoms with Crippen LogP contribution in [0, 0.1) is 13.8 Å². The number of hydrogen-bond donors (Lipinski definition) is 2. The van der Waals surface area contributed by atoms with Crippen molar-refractivity contribution >= 4 is 33.0 Å². The third-order valence-corrected chi connectivity index (χ3v) is 4.81. The smallest absolute Gasteiger partial charge is 0.262 e. The molecule has 0 unspecified atom stereocenters.